The predicted octanol–water partition coefficient (Wildman–Crippen LogP) is 6.99. The van der Waals surface area contributed by atoms with Gasteiger partial charge in [-0.2, -0.15) is 0 Å². The van der Waals surface area contributed by atoms with Crippen LogP contribution in [0.15, 0.2) is 45.8 Å². The predicted molar refractivity (Wildman–Crippen MR) is 131 cm³/mol. The summed E-state index contributed by atoms with van der Waals surface area (Å²) in [6.45, 7) is 12.5. The van der Waals surface area contributed by atoms with Gasteiger partial charge in [-0.25, -0.2) is 0 Å². The zero-order valence-corrected chi connectivity index (χ0v) is 21.1. The van der Waals surface area contributed by atoms with E-state index in [2.05, 4.69) is 15.9 Å². The van der Waals surface area contributed by atoms with Crippen LogP contribution in [0.5, 0.6) is 5.75 Å². The summed E-state index contributed by atoms with van der Waals surface area (Å²) in [6.07, 6.45) is 1.76. The maximum atomic E-state index is 13.0. The molecule has 0 saturated carbocycles. The van der Waals surface area contributed by atoms with Crippen molar-refractivity contribution < 1.29 is 14.7 Å². The van der Waals surface area contributed by atoms with E-state index in [0.717, 1.165) is 38.5 Å². The van der Waals surface area contributed by atoms with Crippen molar-refractivity contribution >= 4 is 44.9 Å². The van der Waals surface area contributed by atoms with Crippen LogP contribution in [0, 0.1) is 0 Å². The average molecular weight is 502 g/mol. The van der Waals surface area contributed by atoms with Crippen molar-refractivity contribution in [1.82, 2.24) is 4.90 Å². The normalized spacial score (nSPS) is 16.5. The van der Waals surface area contributed by atoms with Gasteiger partial charge in [-0.1, -0.05) is 75.7 Å². The first kappa shape index (κ1) is 23.6. The number of phenols is 1. The van der Waals surface area contributed by atoms with Crippen molar-refractivity contribution in [2.24, 2.45) is 0 Å². The Morgan fingerprint density at radius 3 is 2.06 bits per heavy atom. The molecule has 4 nitrogen and oxygen atoms in total. The molecular weight excluding hydrogens is 474 g/mol. The number of halogens is 1. The molecule has 1 aliphatic heterocycles. The molecule has 0 spiro atoms. The lowest BCUT2D eigenvalue weighted by molar-refractivity contribution is -0.123. The Hall–Kier alpha value is -2.05. The van der Waals surface area contributed by atoms with Crippen LogP contribution in [0.2, 0.25) is 0 Å². The van der Waals surface area contributed by atoms with Gasteiger partial charge in [0.05, 0.1) is 11.4 Å². The van der Waals surface area contributed by atoms with Crippen LogP contribution in [0.1, 0.15) is 63.8 Å². The molecule has 1 aliphatic rings. The number of imide groups is 1. The summed E-state index contributed by atoms with van der Waals surface area (Å²) >= 11 is 4.43. The van der Waals surface area contributed by atoms with Crippen molar-refractivity contribution in [3.63, 3.8) is 0 Å². The first-order valence-electron chi connectivity index (χ1n) is 10.2. The number of amides is 2. The van der Waals surface area contributed by atoms with Gasteiger partial charge in [0.15, 0.2) is 0 Å². The third kappa shape index (κ3) is 5.07. The van der Waals surface area contributed by atoms with Crippen LogP contribution in [-0.2, 0) is 22.2 Å². The minimum Gasteiger partial charge on any atom is -0.507 e. The molecule has 2 amide bonds. The number of thioether (sulfide) groups is 1. The molecule has 1 saturated heterocycles. The van der Waals surface area contributed by atoms with Gasteiger partial charge in [0.2, 0.25) is 0 Å². The molecule has 0 aliphatic carbocycles. The van der Waals surface area contributed by atoms with E-state index in [1.165, 1.54) is 4.90 Å². The van der Waals surface area contributed by atoms with E-state index in [4.69, 9.17) is 0 Å². The van der Waals surface area contributed by atoms with Crippen LogP contribution in [0.25, 0.3) is 6.08 Å². The lowest BCUT2D eigenvalue weighted by Gasteiger charge is -2.28. The molecule has 2 aromatic rings. The summed E-state index contributed by atoms with van der Waals surface area (Å²) in [5.74, 6) is -0.00683. The van der Waals surface area contributed by atoms with E-state index in [1.54, 1.807) is 6.08 Å². The second kappa shape index (κ2) is 8.47. The molecule has 0 bridgehead atoms. The first-order valence-corrected chi connectivity index (χ1v) is 11.8. The van der Waals surface area contributed by atoms with E-state index in [-0.39, 0.29) is 28.5 Å². The smallest absolute Gasteiger partial charge is 0.293 e. The Balaban J connectivity index is 2.01. The molecule has 6 heteroatoms. The second-order valence-electron chi connectivity index (χ2n) is 9.82. The van der Waals surface area contributed by atoms with Gasteiger partial charge in [0.25, 0.3) is 11.1 Å². The largest absolute Gasteiger partial charge is 0.507 e. The molecule has 0 radical (unpaired) electrons. The Morgan fingerprint density at radius 2 is 1.55 bits per heavy atom. The Morgan fingerprint density at radius 1 is 1.00 bits per heavy atom. The van der Waals surface area contributed by atoms with E-state index >= 15 is 0 Å². The first-order chi connectivity index (χ1) is 14.3. The fourth-order valence-electron chi connectivity index (χ4n) is 3.47. The Bertz CT molecular complexity index is 1040. The molecule has 3 rings (SSSR count). The van der Waals surface area contributed by atoms with Gasteiger partial charge in [0.1, 0.15) is 5.75 Å². The lowest BCUT2D eigenvalue weighted by atomic mass is 9.78. The summed E-state index contributed by atoms with van der Waals surface area (Å²) in [7, 11) is 0. The summed E-state index contributed by atoms with van der Waals surface area (Å²) in [5.41, 5.74) is 2.77. The summed E-state index contributed by atoms with van der Waals surface area (Å²) in [6, 6.07) is 11.4. The number of carbonyl (C=O) groups is 2. The Labute approximate surface area is 196 Å². The van der Waals surface area contributed by atoms with E-state index in [9.17, 15) is 14.7 Å². The molecule has 1 N–H and O–H groups in total. The highest BCUT2D eigenvalue weighted by atomic mass is 79.9. The van der Waals surface area contributed by atoms with Gasteiger partial charge < -0.3 is 5.11 Å². The molecule has 0 atom stereocenters. The van der Waals surface area contributed by atoms with Crippen molar-refractivity contribution in [1.29, 1.82) is 0 Å². The quantitative estimate of drug-likeness (QED) is 0.460. The molecule has 0 aromatic heterocycles. The maximum Gasteiger partial charge on any atom is 0.293 e. The zero-order valence-electron chi connectivity index (χ0n) is 18.7. The summed E-state index contributed by atoms with van der Waals surface area (Å²) < 4.78 is 0.862. The minimum atomic E-state index is -0.298. The molecule has 164 valence electrons. The number of benzene rings is 2. The molecule has 31 heavy (non-hydrogen) atoms. The van der Waals surface area contributed by atoms with E-state index in [0.29, 0.717) is 10.7 Å². The van der Waals surface area contributed by atoms with Gasteiger partial charge in [-0.05, 0) is 58.0 Å². The zero-order chi connectivity index (χ0) is 23.1. The fraction of sp³-hybridized carbons (Fsp3) is 0.360. The topological polar surface area (TPSA) is 57.6 Å². The van der Waals surface area contributed by atoms with Crippen LogP contribution >= 0.6 is 27.7 Å². The Kier molecular flexibility index (Phi) is 6.45. The highest BCUT2D eigenvalue weighted by Crippen LogP contribution is 2.41. The maximum absolute atomic E-state index is 13.0. The van der Waals surface area contributed by atoms with E-state index < -0.39 is 0 Å². The highest BCUT2D eigenvalue weighted by Gasteiger charge is 2.35. The van der Waals surface area contributed by atoms with Crippen LogP contribution in [0.4, 0.5) is 4.79 Å². The lowest BCUT2D eigenvalue weighted by Crippen LogP contribution is -2.27. The minimum absolute atomic E-state index is 0.222. The number of hydrogen-bond acceptors (Lipinski definition) is 4. The van der Waals surface area contributed by atoms with Crippen molar-refractivity contribution in [3.05, 3.63) is 68.0 Å². The molecule has 1 heterocycles. The number of nitrogens with zero attached hydrogens (tertiary/aromatic N) is 1. The fourth-order valence-corrected chi connectivity index (χ4v) is 4.72. The van der Waals surface area contributed by atoms with E-state index in [1.807, 2.05) is 77.9 Å². The number of aromatic hydroxyl groups is 1. The van der Waals surface area contributed by atoms with Gasteiger partial charge in [-0.3, -0.25) is 14.5 Å². The number of carbonyl (C=O) groups excluding carboxylic acids is 2. The van der Waals surface area contributed by atoms with Crippen LogP contribution in [-0.4, -0.2) is 21.2 Å². The monoisotopic (exact) mass is 501 g/mol. The summed E-state index contributed by atoms with van der Waals surface area (Å²) in [4.78, 5) is 27.3. The highest BCUT2D eigenvalue weighted by molar-refractivity contribution is 9.10. The van der Waals surface area contributed by atoms with Gasteiger partial charge in [0, 0.05) is 15.6 Å². The SMILES string of the molecule is CC(C)(C)c1cc(/C=C2\SC(=O)N(Cc3ccccc3Br)C2=O)cc(C(C)(C)C)c1O. The van der Waals surface area contributed by atoms with Crippen molar-refractivity contribution in [2.75, 3.05) is 0 Å². The molecule has 1 fully saturated rings. The number of phenolic OH excluding ortho intramolecular Hbond substituents is 1. The number of rotatable bonds is 3. The molecule has 0 unspecified atom stereocenters. The van der Waals surface area contributed by atoms with Crippen LogP contribution < -0.4 is 0 Å². The molecule has 2 aromatic carbocycles. The molecular formula is C25H28BrNO3S. The van der Waals surface area contributed by atoms with Gasteiger partial charge >= 0.3 is 0 Å². The van der Waals surface area contributed by atoms with Crippen LogP contribution in [0.3, 0.4) is 0 Å². The standard InChI is InChI=1S/C25H28BrNO3S/c1-24(2,3)17-11-15(12-18(21(17)28)25(4,5)6)13-20-22(29)27(23(30)31-20)14-16-9-7-8-10-19(16)26/h7-13,28H,14H2,1-6H3/b20-13-. The third-order valence-electron chi connectivity index (χ3n) is 5.21. The van der Waals surface area contributed by atoms with Crippen molar-refractivity contribution in [3.8, 4) is 5.75 Å². The second-order valence-corrected chi connectivity index (χ2v) is 11.7. The number of hydrogen-bond donors (Lipinski definition) is 1. The van der Waals surface area contributed by atoms with Gasteiger partial charge in [-0.15, -0.1) is 0 Å². The summed E-state index contributed by atoms with van der Waals surface area (Å²) in [5, 5.41) is 10.6. The third-order valence-corrected chi connectivity index (χ3v) is 6.89. The van der Waals surface area contributed by atoms with Crippen molar-refractivity contribution in [2.45, 2.75) is 58.9 Å². The average Bonchev–Trinajstić information content (AvgIpc) is 2.90.